The van der Waals surface area contributed by atoms with Crippen molar-refractivity contribution in [1.29, 1.82) is 0 Å². The summed E-state index contributed by atoms with van der Waals surface area (Å²) in [5, 5.41) is 3.73. The van der Waals surface area contributed by atoms with Gasteiger partial charge in [0.05, 0.1) is 10.8 Å². The van der Waals surface area contributed by atoms with E-state index in [9.17, 15) is 13.2 Å². The number of rotatable bonds is 4. The number of nitrogens with one attached hydrogen (secondary N) is 1. The van der Waals surface area contributed by atoms with E-state index < -0.39 is 10.0 Å². The van der Waals surface area contributed by atoms with Crippen LogP contribution in [0.1, 0.15) is 38.5 Å². The topological polar surface area (TPSA) is 66.5 Å². The molecule has 1 aromatic carbocycles. The summed E-state index contributed by atoms with van der Waals surface area (Å²) in [6, 6.07) is 6.51. The van der Waals surface area contributed by atoms with Gasteiger partial charge in [-0.1, -0.05) is 18.0 Å². The number of fused-ring (bicyclic) bond motifs is 2. The van der Waals surface area contributed by atoms with Crippen LogP contribution in [-0.4, -0.2) is 37.8 Å². The first-order chi connectivity index (χ1) is 12.4. The minimum absolute atomic E-state index is 0.0264. The molecule has 0 aromatic heterocycles. The number of hydrogen-bond acceptors (Lipinski definition) is 3. The summed E-state index contributed by atoms with van der Waals surface area (Å²) in [5.41, 5.74) is 0. The molecule has 2 aliphatic carbocycles. The van der Waals surface area contributed by atoms with Crippen molar-refractivity contribution in [1.82, 2.24) is 9.62 Å². The van der Waals surface area contributed by atoms with Crippen molar-refractivity contribution in [3.05, 3.63) is 29.3 Å². The number of hydrogen-bond donors (Lipinski definition) is 1. The first-order valence-electron chi connectivity index (χ1n) is 9.49. The van der Waals surface area contributed by atoms with Gasteiger partial charge in [-0.2, -0.15) is 4.31 Å². The molecule has 1 saturated heterocycles. The largest absolute Gasteiger partial charge is 0.353 e. The Kier molecular flexibility index (Phi) is 5.01. The van der Waals surface area contributed by atoms with Crippen LogP contribution in [0.5, 0.6) is 0 Å². The Morgan fingerprint density at radius 3 is 2.54 bits per heavy atom. The molecule has 4 unspecified atom stereocenters. The smallest absolute Gasteiger partial charge is 0.243 e. The fourth-order valence-electron chi connectivity index (χ4n) is 4.85. The van der Waals surface area contributed by atoms with Gasteiger partial charge in [-0.05, 0) is 68.2 Å². The lowest BCUT2D eigenvalue weighted by atomic mass is 9.93. The van der Waals surface area contributed by atoms with Crippen LogP contribution >= 0.6 is 11.6 Å². The van der Waals surface area contributed by atoms with E-state index in [0.29, 0.717) is 29.9 Å². The van der Waals surface area contributed by atoms with Crippen molar-refractivity contribution >= 4 is 27.5 Å². The third kappa shape index (κ3) is 3.51. The molecule has 2 bridgehead atoms. The van der Waals surface area contributed by atoms with Crippen LogP contribution in [0.15, 0.2) is 29.2 Å². The minimum Gasteiger partial charge on any atom is -0.353 e. The van der Waals surface area contributed by atoms with E-state index in [0.717, 1.165) is 18.8 Å². The van der Waals surface area contributed by atoms with E-state index >= 15 is 0 Å². The Morgan fingerprint density at radius 1 is 1.12 bits per heavy atom. The summed E-state index contributed by atoms with van der Waals surface area (Å²) in [6.07, 6.45) is 6.31. The zero-order valence-electron chi connectivity index (χ0n) is 14.7. The lowest BCUT2D eigenvalue weighted by Gasteiger charge is -2.33. The van der Waals surface area contributed by atoms with Gasteiger partial charge in [0.15, 0.2) is 0 Å². The average Bonchev–Trinajstić information content (AvgIpc) is 3.25. The summed E-state index contributed by atoms with van der Waals surface area (Å²) in [5.74, 6) is 1.17. The lowest BCUT2D eigenvalue weighted by molar-refractivity contribution is -0.127. The molecular formula is C19H25ClN2O3S. The Balaban J connectivity index is 1.42. The Hall–Kier alpha value is -1.11. The van der Waals surface area contributed by atoms with E-state index in [1.54, 1.807) is 12.1 Å². The molecule has 4 atom stereocenters. The molecule has 4 rings (SSSR count). The molecule has 26 heavy (non-hydrogen) atoms. The summed E-state index contributed by atoms with van der Waals surface area (Å²) >= 11 is 5.86. The summed E-state index contributed by atoms with van der Waals surface area (Å²) in [7, 11) is -3.59. The fraction of sp³-hybridized carbons (Fsp3) is 0.632. The summed E-state index contributed by atoms with van der Waals surface area (Å²) in [6.45, 7) is 0.723. The van der Waals surface area contributed by atoms with Crippen molar-refractivity contribution in [3.63, 3.8) is 0 Å². The number of nitrogens with zero attached hydrogens (tertiary/aromatic N) is 1. The number of benzene rings is 1. The van der Waals surface area contributed by atoms with Gasteiger partial charge in [0, 0.05) is 24.2 Å². The monoisotopic (exact) mass is 396 g/mol. The van der Waals surface area contributed by atoms with E-state index in [4.69, 9.17) is 11.6 Å². The fourth-order valence-corrected chi connectivity index (χ4v) is 6.50. The number of sulfonamides is 1. The quantitative estimate of drug-likeness (QED) is 0.850. The van der Waals surface area contributed by atoms with Gasteiger partial charge in [0.25, 0.3) is 0 Å². The van der Waals surface area contributed by atoms with Crippen LogP contribution < -0.4 is 5.32 Å². The van der Waals surface area contributed by atoms with Crippen LogP contribution in [0.2, 0.25) is 5.02 Å². The molecule has 1 amide bonds. The highest BCUT2D eigenvalue weighted by molar-refractivity contribution is 7.89. The minimum atomic E-state index is -3.59. The Bertz CT molecular complexity index is 780. The van der Waals surface area contributed by atoms with Crippen molar-refractivity contribution < 1.29 is 13.2 Å². The van der Waals surface area contributed by atoms with Crippen molar-refractivity contribution in [2.45, 2.75) is 49.5 Å². The normalized spacial score (nSPS) is 31.9. The maximum Gasteiger partial charge on any atom is 0.243 e. The number of piperidine rings is 1. The van der Waals surface area contributed by atoms with Gasteiger partial charge in [0.2, 0.25) is 15.9 Å². The number of halogens is 1. The number of carbonyl (C=O) groups is 1. The van der Waals surface area contributed by atoms with E-state index in [1.807, 2.05) is 0 Å². The molecule has 142 valence electrons. The van der Waals surface area contributed by atoms with Gasteiger partial charge in [-0.3, -0.25) is 4.79 Å². The lowest BCUT2D eigenvalue weighted by Crippen LogP contribution is -2.48. The molecule has 2 saturated carbocycles. The first-order valence-corrected chi connectivity index (χ1v) is 11.3. The second-order valence-corrected chi connectivity index (χ2v) is 10.3. The van der Waals surface area contributed by atoms with Crippen molar-refractivity contribution in [2.24, 2.45) is 17.8 Å². The maximum atomic E-state index is 12.9. The first kappa shape index (κ1) is 18.3. The van der Waals surface area contributed by atoms with Crippen LogP contribution in [0.25, 0.3) is 0 Å². The van der Waals surface area contributed by atoms with E-state index in [1.165, 1.54) is 35.7 Å². The van der Waals surface area contributed by atoms with Crippen molar-refractivity contribution in [2.75, 3.05) is 13.1 Å². The van der Waals surface area contributed by atoms with E-state index in [-0.39, 0.29) is 23.3 Å². The predicted octanol–water partition coefficient (Wildman–Crippen LogP) is 3.05. The number of amides is 1. The standard InChI is InChI=1S/C19H25ClN2O3S/c20-16-5-7-17(8-6-16)26(24,25)22-9-1-2-15(12-22)19(23)21-18-11-13-3-4-14(18)10-13/h5-8,13-15,18H,1-4,9-12H2,(H,21,23). The van der Waals surface area contributed by atoms with Crippen LogP contribution in [0.3, 0.4) is 0 Å². The average molecular weight is 397 g/mol. The van der Waals surface area contributed by atoms with Crippen LogP contribution in [0, 0.1) is 17.8 Å². The predicted molar refractivity (Wildman–Crippen MR) is 100 cm³/mol. The highest BCUT2D eigenvalue weighted by Crippen LogP contribution is 2.44. The highest BCUT2D eigenvalue weighted by atomic mass is 35.5. The molecule has 3 fully saturated rings. The zero-order chi connectivity index (χ0) is 18.3. The van der Waals surface area contributed by atoms with Gasteiger partial charge in [-0.15, -0.1) is 0 Å². The Labute approximate surface area is 160 Å². The molecule has 0 radical (unpaired) electrons. The van der Waals surface area contributed by atoms with Gasteiger partial charge < -0.3 is 5.32 Å². The van der Waals surface area contributed by atoms with Crippen molar-refractivity contribution in [3.8, 4) is 0 Å². The molecule has 1 aromatic rings. The van der Waals surface area contributed by atoms with Gasteiger partial charge >= 0.3 is 0 Å². The summed E-state index contributed by atoms with van der Waals surface area (Å²) < 4.78 is 27.2. The third-order valence-electron chi connectivity index (χ3n) is 6.27. The Morgan fingerprint density at radius 2 is 1.88 bits per heavy atom. The molecule has 3 aliphatic rings. The maximum absolute atomic E-state index is 12.9. The van der Waals surface area contributed by atoms with Gasteiger partial charge in [-0.25, -0.2) is 8.42 Å². The van der Waals surface area contributed by atoms with Crippen LogP contribution in [0.4, 0.5) is 0 Å². The molecule has 1 heterocycles. The molecule has 1 aliphatic heterocycles. The van der Waals surface area contributed by atoms with E-state index in [2.05, 4.69) is 5.32 Å². The second-order valence-electron chi connectivity index (χ2n) is 7.95. The summed E-state index contributed by atoms with van der Waals surface area (Å²) in [4.78, 5) is 13.0. The second kappa shape index (κ2) is 7.13. The van der Waals surface area contributed by atoms with Crippen LogP contribution in [-0.2, 0) is 14.8 Å². The SMILES string of the molecule is O=C(NC1CC2CCC1C2)C1CCCN(S(=O)(=O)c2ccc(Cl)cc2)C1. The highest BCUT2D eigenvalue weighted by Gasteiger charge is 2.41. The molecular weight excluding hydrogens is 372 g/mol. The van der Waals surface area contributed by atoms with Gasteiger partial charge in [0.1, 0.15) is 0 Å². The molecule has 7 heteroatoms. The number of carbonyl (C=O) groups excluding carboxylic acids is 1. The molecule has 1 N–H and O–H groups in total. The zero-order valence-corrected chi connectivity index (χ0v) is 16.3. The molecule has 0 spiro atoms. The third-order valence-corrected chi connectivity index (χ3v) is 8.40. The molecule has 5 nitrogen and oxygen atoms in total.